The van der Waals surface area contributed by atoms with Crippen LogP contribution in [0.2, 0.25) is 5.02 Å². The second-order valence-corrected chi connectivity index (χ2v) is 9.88. The molecule has 2 aromatic carbocycles. The van der Waals surface area contributed by atoms with Crippen LogP contribution in [0.25, 0.3) is 5.78 Å². The van der Waals surface area contributed by atoms with Crippen molar-refractivity contribution in [1.29, 1.82) is 0 Å². The number of nitrogens with zero attached hydrogens (tertiary/aromatic N) is 4. The number of carbonyl (C=O) groups excluding carboxylic acids is 1. The molecule has 2 aromatic heterocycles. The van der Waals surface area contributed by atoms with Crippen LogP contribution >= 0.6 is 23.4 Å². The van der Waals surface area contributed by atoms with E-state index in [1.54, 1.807) is 10.7 Å². The van der Waals surface area contributed by atoms with Gasteiger partial charge < -0.3 is 0 Å². The first-order valence-corrected chi connectivity index (χ1v) is 12.1. The fraction of sp³-hybridized carbons (Fsp3) is 0.280. The Morgan fingerprint density at radius 2 is 1.81 bits per heavy atom. The second-order valence-electron chi connectivity index (χ2n) is 8.51. The Morgan fingerprint density at radius 3 is 2.53 bits per heavy atom. The van der Waals surface area contributed by atoms with Crippen LogP contribution in [0.3, 0.4) is 0 Å². The molecule has 7 heteroatoms. The third kappa shape index (κ3) is 4.30. The van der Waals surface area contributed by atoms with Gasteiger partial charge in [0, 0.05) is 23.4 Å². The van der Waals surface area contributed by atoms with Gasteiger partial charge in [-0.15, -0.1) is 5.10 Å². The van der Waals surface area contributed by atoms with Crippen molar-refractivity contribution in [2.75, 3.05) is 0 Å². The Hall–Kier alpha value is -2.70. The molecule has 1 aliphatic carbocycles. The lowest BCUT2D eigenvalue weighted by atomic mass is 9.81. The topological polar surface area (TPSA) is 60.2 Å². The van der Waals surface area contributed by atoms with Gasteiger partial charge >= 0.3 is 0 Å². The standard InChI is InChI=1S/C25H23ClN4OS/c1-15(2)17-5-7-18(8-6-17)19-11-22-21(23(31)12-19)13-30-24(27-22)28-25(29-30)32-14-16-3-9-20(26)10-4-16/h3-10,13,15,19H,11-12,14H2,1-2H3/t19-/m0/s1. The zero-order valence-electron chi connectivity index (χ0n) is 18.0. The molecule has 0 saturated heterocycles. The fourth-order valence-corrected chi connectivity index (χ4v) is 4.95. The van der Waals surface area contributed by atoms with Crippen LogP contribution in [0, 0.1) is 0 Å². The Morgan fingerprint density at radius 1 is 1.06 bits per heavy atom. The molecule has 4 aromatic rings. The van der Waals surface area contributed by atoms with Crippen molar-refractivity contribution in [2.45, 2.75) is 49.4 Å². The van der Waals surface area contributed by atoms with Crippen LogP contribution in [-0.4, -0.2) is 25.4 Å². The molecule has 2 heterocycles. The largest absolute Gasteiger partial charge is 0.294 e. The van der Waals surface area contributed by atoms with E-state index >= 15 is 0 Å². The molecule has 32 heavy (non-hydrogen) atoms. The van der Waals surface area contributed by atoms with E-state index in [1.165, 1.54) is 22.9 Å². The summed E-state index contributed by atoms with van der Waals surface area (Å²) >= 11 is 7.49. The van der Waals surface area contributed by atoms with Gasteiger partial charge in [0.25, 0.3) is 5.78 Å². The third-order valence-electron chi connectivity index (χ3n) is 5.92. The highest BCUT2D eigenvalue weighted by molar-refractivity contribution is 7.98. The number of carbonyl (C=O) groups is 1. The first kappa shape index (κ1) is 21.2. The average molecular weight is 463 g/mol. The van der Waals surface area contributed by atoms with E-state index in [-0.39, 0.29) is 11.7 Å². The highest BCUT2D eigenvalue weighted by Gasteiger charge is 2.28. The summed E-state index contributed by atoms with van der Waals surface area (Å²) in [5.74, 6) is 2.02. The minimum atomic E-state index is 0.115. The molecule has 0 N–H and O–H groups in total. The molecule has 0 aliphatic heterocycles. The molecular weight excluding hydrogens is 440 g/mol. The lowest BCUT2D eigenvalue weighted by molar-refractivity contribution is 0.0962. The molecule has 0 saturated carbocycles. The molecule has 5 nitrogen and oxygen atoms in total. The van der Waals surface area contributed by atoms with E-state index in [9.17, 15) is 4.79 Å². The lowest BCUT2D eigenvalue weighted by Gasteiger charge is -2.23. The number of halogens is 1. The van der Waals surface area contributed by atoms with E-state index in [4.69, 9.17) is 16.6 Å². The normalized spacial score (nSPS) is 16.0. The molecule has 0 fully saturated rings. The molecule has 0 radical (unpaired) electrons. The number of benzene rings is 2. The van der Waals surface area contributed by atoms with Crippen LogP contribution in [-0.2, 0) is 12.2 Å². The summed E-state index contributed by atoms with van der Waals surface area (Å²) < 4.78 is 1.62. The summed E-state index contributed by atoms with van der Waals surface area (Å²) in [4.78, 5) is 22.2. The number of rotatable bonds is 5. The molecule has 0 amide bonds. The summed E-state index contributed by atoms with van der Waals surface area (Å²) in [6, 6.07) is 16.4. The smallest absolute Gasteiger partial charge is 0.253 e. The maximum Gasteiger partial charge on any atom is 0.253 e. The quantitative estimate of drug-likeness (QED) is 0.335. The Kier molecular flexibility index (Phi) is 5.74. The van der Waals surface area contributed by atoms with Crippen molar-refractivity contribution in [3.8, 4) is 0 Å². The van der Waals surface area contributed by atoms with Gasteiger partial charge in [-0.3, -0.25) is 4.79 Å². The number of hydrogen-bond donors (Lipinski definition) is 0. The van der Waals surface area contributed by atoms with Crippen molar-refractivity contribution < 1.29 is 4.79 Å². The third-order valence-corrected chi connectivity index (χ3v) is 7.08. The first-order chi connectivity index (χ1) is 15.5. The minimum absolute atomic E-state index is 0.115. The predicted molar refractivity (Wildman–Crippen MR) is 128 cm³/mol. The van der Waals surface area contributed by atoms with Crippen molar-refractivity contribution in [2.24, 2.45) is 0 Å². The monoisotopic (exact) mass is 462 g/mol. The van der Waals surface area contributed by atoms with Gasteiger partial charge in [-0.05, 0) is 47.1 Å². The number of fused-ring (bicyclic) bond motifs is 2. The van der Waals surface area contributed by atoms with Crippen molar-refractivity contribution in [3.63, 3.8) is 0 Å². The molecule has 0 unspecified atom stereocenters. The van der Waals surface area contributed by atoms with Crippen molar-refractivity contribution in [1.82, 2.24) is 19.6 Å². The number of ketones is 1. The van der Waals surface area contributed by atoms with Gasteiger partial charge in [-0.1, -0.05) is 73.6 Å². The van der Waals surface area contributed by atoms with Crippen LogP contribution < -0.4 is 0 Å². The lowest BCUT2D eigenvalue weighted by Crippen LogP contribution is -2.21. The van der Waals surface area contributed by atoms with Gasteiger partial charge in [-0.2, -0.15) is 4.98 Å². The van der Waals surface area contributed by atoms with Crippen molar-refractivity contribution in [3.05, 3.63) is 87.7 Å². The van der Waals surface area contributed by atoms with Crippen molar-refractivity contribution >= 4 is 34.9 Å². The minimum Gasteiger partial charge on any atom is -0.294 e. The maximum absolute atomic E-state index is 12.9. The van der Waals surface area contributed by atoms with Crippen LogP contribution in [0.4, 0.5) is 0 Å². The number of thioether (sulfide) groups is 1. The van der Waals surface area contributed by atoms with Crippen LogP contribution in [0.15, 0.2) is 59.9 Å². The van der Waals surface area contributed by atoms with E-state index in [2.05, 4.69) is 48.2 Å². The van der Waals surface area contributed by atoms with E-state index in [1.807, 2.05) is 24.3 Å². The predicted octanol–water partition coefficient (Wildman–Crippen LogP) is 6.11. The Bertz CT molecular complexity index is 1280. The van der Waals surface area contributed by atoms with Gasteiger partial charge in [0.15, 0.2) is 5.78 Å². The summed E-state index contributed by atoms with van der Waals surface area (Å²) in [5, 5.41) is 5.88. The van der Waals surface area contributed by atoms with Gasteiger partial charge in [0.1, 0.15) is 0 Å². The number of Topliss-reactive ketones (excluding diaryl/α,β-unsaturated/α-hetero) is 1. The molecule has 162 valence electrons. The molecule has 0 bridgehead atoms. The molecular formula is C25H23ClN4OS. The van der Waals surface area contributed by atoms with E-state index < -0.39 is 0 Å². The van der Waals surface area contributed by atoms with E-state index in [0.29, 0.717) is 28.8 Å². The average Bonchev–Trinajstić information content (AvgIpc) is 3.19. The zero-order chi connectivity index (χ0) is 22.2. The zero-order valence-corrected chi connectivity index (χ0v) is 19.5. The van der Waals surface area contributed by atoms with Gasteiger partial charge in [0.05, 0.1) is 11.3 Å². The first-order valence-electron chi connectivity index (χ1n) is 10.7. The number of aromatic nitrogens is 4. The molecule has 0 spiro atoms. The summed E-state index contributed by atoms with van der Waals surface area (Å²) in [7, 11) is 0. The van der Waals surface area contributed by atoms with Crippen LogP contribution in [0.5, 0.6) is 0 Å². The summed E-state index contributed by atoms with van der Waals surface area (Å²) in [6.45, 7) is 4.37. The van der Waals surface area contributed by atoms with Gasteiger partial charge in [0.2, 0.25) is 5.16 Å². The molecule has 1 aliphatic rings. The van der Waals surface area contributed by atoms with Crippen LogP contribution in [0.1, 0.15) is 64.8 Å². The molecule has 1 atom stereocenters. The summed E-state index contributed by atoms with van der Waals surface area (Å²) in [5.41, 5.74) is 5.12. The second kappa shape index (κ2) is 8.68. The SMILES string of the molecule is CC(C)c1ccc([C@@H]2CC(=O)c3cn4nc(SCc5ccc(Cl)cc5)nc4nc3C2)cc1. The van der Waals surface area contributed by atoms with Gasteiger partial charge in [-0.25, -0.2) is 9.50 Å². The fourth-order valence-electron chi connectivity index (χ4n) is 4.04. The highest BCUT2D eigenvalue weighted by Crippen LogP contribution is 2.33. The number of hydrogen-bond acceptors (Lipinski definition) is 5. The highest BCUT2D eigenvalue weighted by atomic mass is 35.5. The maximum atomic E-state index is 12.9. The van der Waals surface area contributed by atoms with E-state index in [0.717, 1.165) is 28.5 Å². The Labute approximate surface area is 196 Å². The molecule has 5 rings (SSSR count). The summed E-state index contributed by atoms with van der Waals surface area (Å²) in [6.07, 6.45) is 3.02. The Balaban J connectivity index is 1.37.